The molecule has 0 amide bonds. The fourth-order valence-corrected chi connectivity index (χ4v) is 1.86. The molecule has 0 saturated heterocycles. The molecule has 0 radical (unpaired) electrons. The van der Waals surface area contributed by atoms with Gasteiger partial charge >= 0.3 is 0 Å². The van der Waals surface area contributed by atoms with Gasteiger partial charge in [-0.3, -0.25) is 0 Å². The summed E-state index contributed by atoms with van der Waals surface area (Å²) in [7, 11) is 1.61. The molecule has 0 saturated carbocycles. The molecule has 2 aromatic carbocycles. The molecule has 5 nitrogen and oxygen atoms in total. The first-order chi connectivity index (χ1) is 9.86. The fraction of sp³-hybridized carbons (Fsp3) is 0.0667. The zero-order chi connectivity index (χ0) is 13.8. The van der Waals surface area contributed by atoms with E-state index in [1.165, 1.54) is 0 Å². The highest BCUT2D eigenvalue weighted by Gasteiger charge is 2.04. The summed E-state index contributed by atoms with van der Waals surface area (Å²) in [6.07, 6.45) is 1.58. The van der Waals surface area contributed by atoms with Crippen molar-refractivity contribution < 1.29 is 4.74 Å². The fourth-order valence-electron chi connectivity index (χ4n) is 1.86. The van der Waals surface area contributed by atoms with Gasteiger partial charge < -0.3 is 4.74 Å². The lowest BCUT2D eigenvalue weighted by atomic mass is 10.2. The maximum atomic E-state index is 5.27. The highest BCUT2D eigenvalue weighted by atomic mass is 16.5. The minimum absolute atomic E-state index is 0.673. The summed E-state index contributed by atoms with van der Waals surface area (Å²) in [5, 5.41) is 17.2. The summed E-state index contributed by atoms with van der Waals surface area (Å²) < 4.78 is 5.27. The van der Waals surface area contributed by atoms with Crippen LogP contribution < -0.4 is 4.74 Å². The van der Waals surface area contributed by atoms with Crippen LogP contribution in [0.5, 0.6) is 5.75 Å². The molecule has 0 fully saturated rings. The largest absolute Gasteiger partial charge is 0.494 e. The van der Waals surface area contributed by atoms with Crippen LogP contribution in [-0.2, 0) is 0 Å². The third-order valence-electron chi connectivity index (χ3n) is 2.84. The molecule has 0 N–H and O–H groups in total. The quantitative estimate of drug-likeness (QED) is 0.670. The maximum Gasteiger partial charge on any atom is 0.148 e. The van der Waals surface area contributed by atoms with Crippen molar-refractivity contribution in [2.75, 3.05) is 7.11 Å². The van der Waals surface area contributed by atoms with Crippen LogP contribution in [0.1, 0.15) is 0 Å². The van der Waals surface area contributed by atoms with Gasteiger partial charge in [0, 0.05) is 5.39 Å². The minimum atomic E-state index is 0.673. The van der Waals surface area contributed by atoms with Crippen LogP contribution in [0.4, 0.5) is 11.4 Å². The van der Waals surface area contributed by atoms with Crippen LogP contribution in [0.3, 0.4) is 0 Å². The van der Waals surface area contributed by atoms with E-state index in [4.69, 9.17) is 4.74 Å². The van der Waals surface area contributed by atoms with E-state index < -0.39 is 0 Å². The number of azo groups is 1. The standard InChI is InChI=1S/C15H12N4O/c1-20-15-10-16-19-14-8-7-12(9-13(14)15)18-17-11-5-3-2-4-6-11/h2-10H,1H3. The van der Waals surface area contributed by atoms with Crippen molar-refractivity contribution >= 4 is 22.3 Å². The average Bonchev–Trinajstić information content (AvgIpc) is 2.53. The number of ether oxygens (including phenoxy) is 1. The van der Waals surface area contributed by atoms with Gasteiger partial charge in [0.25, 0.3) is 0 Å². The molecule has 1 heterocycles. The molecule has 0 aliphatic heterocycles. The zero-order valence-electron chi connectivity index (χ0n) is 10.9. The van der Waals surface area contributed by atoms with Crippen LogP contribution >= 0.6 is 0 Å². The normalized spacial score (nSPS) is 11.1. The Morgan fingerprint density at radius 2 is 1.75 bits per heavy atom. The molecule has 0 aliphatic rings. The molecule has 0 unspecified atom stereocenters. The molecule has 3 aromatic rings. The first kappa shape index (κ1) is 12.2. The van der Waals surface area contributed by atoms with E-state index >= 15 is 0 Å². The predicted molar refractivity (Wildman–Crippen MR) is 76.7 cm³/mol. The number of rotatable bonds is 3. The summed E-state index contributed by atoms with van der Waals surface area (Å²) in [6, 6.07) is 15.2. The maximum absolute atomic E-state index is 5.27. The minimum Gasteiger partial charge on any atom is -0.494 e. The van der Waals surface area contributed by atoms with E-state index in [-0.39, 0.29) is 0 Å². The third kappa shape index (κ3) is 2.47. The van der Waals surface area contributed by atoms with E-state index in [0.717, 1.165) is 22.3 Å². The summed E-state index contributed by atoms with van der Waals surface area (Å²) >= 11 is 0. The van der Waals surface area contributed by atoms with Crippen molar-refractivity contribution in [1.29, 1.82) is 0 Å². The molecule has 3 rings (SSSR count). The summed E-state index contributed by atoms with van der Waals surface area (Å²) in [6.45, 7) is 0. The lowest BCUT2D eigenvalue weighted by molar-refractivity contribution is 0.417. The Labute approximate surface area is 116 Å². The van der Waals surface area contributed by atoms with Crippen LogP contribution in [-0.4, -0.2) is 17.3 Å². The monoisotopic (exact) mass is 264 g/mol. The van der Waals surface area contributed by atoms with Crippen molar-refractivity contribution in [3.63, 3.8) is 0 Å². The predicted octanol–water partition coefficient (Wildman–Crippen LogP) is 4.05. The Hall–Kier alpha value is -2.82. The molecule has 5 heteroatoms. The molecule has 1 aromatic heterocycles. The Balaban J connectivity index is 1.99. The van der Waals surface area contributed by atoms with E-state index in [9.17, 15) is 0 Å². The average molecular weight is 264 g/mol. The number of methoxy groups -OCH3 is 1. The Morgan fingerprint density at radius 1 is 0.950 bits per heavy atom. The second-order valence-electron chi connectivity index (χ2n) is 4.15. The van der Waals surface area contributed by atoms with Gasteiger partial charge in [-0.2, -0.15) is 20.4 Å². The Bertz CT molecular complexity index is 756. The molecule has 0 atom stereocenters. The zero-order valence-corrected chi connectivity index (χ0v) is 10.9. The molecular weight excluding hydrogens is 252 g/mol. The van der Waals surface area contributed by atoms with Gasteiger partial charge in [-0.15, -0.1) is 0 Å². The van der Waals surface area contributed by atoms with Crippen LogP contribution in [0.2, 0.25) is 0 Å². The highest BCUT2D eigenvalue weighted by molar-refractivity contribution is 5.86. The number of fused-ring (bicyclic) bond motifs is 1. The lowest BCUT2D eigenvalue weighted by Crippen LogP contribution is -1.89. The number of aromatic nitrogens is 2. The lowest BCUT2D eigenvalue weighted by Gasteiger charge is -2.03. The van der Waals surface area contributed by atoms with E-state index in [2.05, 4.69) is 20.4 Å². The van der Waals surface area contributed by atoms with Gasteiger partial charge in [0.15, 0.2) is 0 Å². The van der Waals surface area contributed by atoms with E-state index in [1.54, 1.807) is 13.3 Å². The first-order valence-electron chi connectivity index (χ1n) is 6.13. The van der Waals surface area contributed by atoms with Gasteiger partial charge in [-0.1, -0.05) is 18.2 Å². The van der Waals surface area contributed by atoms with Crippen LogP contribution in [0.15, 0.2) is 65.0 Å². The smallest absolute Gasteiger partial charge is 0.148 e. The number of nitrogens with zero attached hydrogens (tertiary/aromatic N) is 4. The van der Waals surface area contributed by atoms with E-state index in [0.29, 0.717) is 5.75 Å². The van der Waals surface area contributed by atoms with Crippen molar-refractivity contribution in [1.82, 2.24) is 10.2 Å². The molecule has 20 heavy (non-hydrogen) atoms. The first-order valence-corrected chi connectivity index (χ1v) is 6.13. The Kier molecular flexibility index (Phi) is 3.33. The van der Waals surface area contributed by atoms with Gasteiger partial charge in [0.2, 0.25) is 0 Å². The number of hydrogen-bond acceptors (Lipinski definition) is 5. The SMILES string of the molecule is COc1cnnc2ccc(N=Nc3ccccc3)cc12. The highest BCUT2D eigenvalue weighted by Crippen LogP contribution is 2.27. The molecule has 98 valence electrons. The summed E-state index contributed by atoms with van der Waals surface area (Å²) in [5.74, 6) is 0.673. The van der Waals surface area contributed by atoms with Crippen molar-refractivity contribution in [3.8, 4) is 5.75 Å². The van der Waals surface area contributed by atoms with Crippen molar-refractivity contribution in [3.05, 3.63) is 54.7 Å². The van der Waals surface area contributed by atoms with Crippen LogP contribution in [0.25, 0.3) is 10.9 Å². The topological polar surface area (TPSA) is 59.7 Å². The summed E-state index contributed by atoms with van der Waals surface area (Å²) in [4.78, 5) is 0. The van der Waals surface area contributed by atoms with Crippen molar-refractivity contribution in [2.45, 2.75) is 0 Å². The molecule has 0 bridgehead atoms. The second kappa shape index (κ2) is 5.44. The molecule has 0 spiro atoms. The molecule has 0 aliphatic carbocycles. The van der Waals surface area contributed by atoms with Gasteiger partial charge in [-0.25, -0.2) is 0 Å². The summed E-state index contributed by atoms with van der Waals surface area (Å²) in [5.41, 5.74) is 2.32. The van der Waals surface area contributed by atoms with Gasteiger partial charge in [-0.05, 0) is 30.3 Å². The van der Waals surface area contributed by atoms with Gasteiger partial charge in [0.05, 0.1) is 30.2 Å². The van der Waals surface area contributed by atoms with Gasteiger partial charge in [0.1, 0.15) is 5.75 Å². The van der Waals surface area contributed by atoms with Crippen molar-refractivity contribution in [2.24, 2.45) is 10.2 Å². The Morgan fingerprint density at radius 3 is 2.55 bits per heavy atom. The number of benzene rings is 2. The molecular formula is C15H12N4O. The van der Waals surface area contributed by atoms with Crippen LogP contribution in [0, 0.1) is 0 Å². The third-order valence-corrected chi connectivity index (χ3v) is 2.84. The second-order valence-corrected chi connectivity index (χ2v) is 4.15. The number of hydrogen-bond donors (Lipinski definition) is 0. The van der Waals surface area contributed by atoms with E-state index in [1.807, 2.05) is 48.5 Å².